The minimum atomic E-state index is -0.319. The number of likely N-dealkylation sites (N-methyl/N-ethyl adjacent to an activating group) is 1. The summed E-state index contributed by atoms with van der Waals surface area (Å²) in [4.78, 5) is 21.9. The van der Waals surface area contributed by atoms with Crippen molar-refractivity contribution < 1.29 is 4.79 Å². The Morgan fingerprint density at radius 2 is 2.00 bits per heavy atom. The molecule has 2 N–H and O–H groups in total. The minimum Gasteiger partial charge on any atom is -0.330 e. The molecule has 0 unspecified atom stereocenters. The van der Waals surface area contributed by atoms with Crippen molar-refractivity contribution in [3.8, 4) is 0 Å². The van der Waals surface area contributed by atoms with Crippen LogP contribution in [0.5, 0.6) is 0 Å². The monoisotopic (exact) mass is 319 g/mol. The third-order valence-corrected chi connectivity index (χ3v) is 3.20. The number of carbonyl (C=O) groups excluding carboxylic acids is 1. The SMILES string of the molecule is CN(C)C[C@H](NC(=O)Nc1ccncn1)c1ccc(Cl)cc1. The second kappa shape index (κ2) is 7.72. The molecule has 116 valence electrons. The second-order valence-corrected chi connectivity index (χ2v) is 5.50. The van der Waals surface area contributed by atoms with E-state index in [1.54, 1.807) is 12.3 Å². The normalized spacial score (nSPS) is 12.0. The number of urea groups is 1. The van der Waals surface area contributed by atoms with Crippen LogP contribution < -0.4 is 10.6 Å². The maximum absolute atomic E-state index is 12.1. The van der Waals surface area contributed by atoms with Crippen molar-refractivity contribution in [3.05, 3.63) is 53.4 Å². The van der Waals surface area contributed by atoms with Crippen LogP contribution in [0.1, 0.15) is 11.6 Å². The molecule has 2 rings (SSSR count). The van der Waals surface area contributed by atoms with Crippen molar-refractivity contribution in [1.82, 2.24) is 20.2 Å². The summed E-state index contributed by atoms with van der Waals surface area (Å²) in [5.41, 5.74) is 0.982. The van der Waals surface area contributed by atoms with Crippen molar-refractivity contribution >= 4 is 23.4 Å². The molecule has 0 saturated carbocycles. The average molecular weight is 320 g/mol. The van der Waals surface area contributed by atoms with Crippen LogP contribution in [-0.2, 0) is 0 Å². The molecule has 0 radical (unpaired) electrons. The molecule has 0 bridgehead atoms. The van der Waals surface area contributed by atoms with Crippen LogP contribution in [0, 0.1) is 0 Å². The van der Waals surface area contributed by atoms with E-state index in [1.807, 2.05) is 43.3 Å². The Hall–Kier alpha value is -2.18. The van der Waals surface area contributed by atoms with E-state index in [2.05, 4.69) is 20.6 Å². The number of aromatic nitrogens is 2. The number of benzene rings is 1. The zero-order valence-corrected chi connectivity index (χ0v) is 13.2. The lowest BCUT2D eigenvalue weighted by Gasteiger charge is -2.23. The molecule has 0 fully saturated rings. The fraction of sp³-hybridized carbons (Fsp3) is 0.267. The van der Waals surface area contributed by atoms with Gasteiger partial charge in [0.1, 0.15) is 12.1 Å². The van der Waals surface area contributed by atoms with Gasteiger partial charge >= 0.3 is 6.03 Å². The summed E-state index contributed by atoms with van der Waals surface area (Å²) < 4.78 is 0. The lowest BCUT2D eigenvalue weighted by molar-refractivity contribution is 0.244. The van der Waals surface area contributed by atoms with Crippen molar-refractivity contribution in [2.24, 2.45) is 0 Å². The quantitative estimate of drug-likeness (QED) is 0.888. The Bertz CT molecular complexity index is 603. The van der Waals surface area contributed by atoms with Gasteiger partial charge in [-0.3, -0.25) is 5.32 Å². The molecular formula is C15H18ClN5O. The first-order valence-electron chi connectivity index (χ1n) is 6.78. The molecule has 0 saturated heterocycles. The number of carbonyl (C=O) groups is 1. The highest BCUT2D eigenvalue weighted by atomic mass is 35.5. The van der Waals surface area contributed by atoms with E-state index in [0.717, 1.165) is 5.56 Å². The number of anilines is 1. The minimum absolute atomic E-state index is 0.158. The Balaban J connectivity index is 2.06. The van der Waals surface area contributed by atoms with Crippen LogP contribution in [0.3, 0.4) is 0 Å². The number of hydrogen-bond donors (Lipinski definition) is 2. The molecule has 1 atom stereocenters. The number of amides is 2. The fourth-order valence-electron chi connectivity index (χ4n) is 1.97. The molecule has 0 aliphatic carbocycles. The summed E-state index contributed by atoms with van der Waals surface area (Å²) in [6.07, 6.45) is 2.95. The average Bonchev–Trinajstić information content (AvgIpc) is 2.48. The molecule has 0 aliphatic heterocycles. The van der Waals surface area contributed by atoms with E-state index in [-0.39, 0.29) is 12.1 Å². The van der Waals surface area contributed by atoms with Crippen LogP contribution in [0.25, 0.3) is 0 Å². The first kappa shape index (κ1) is 16.2. The highest BCUT2D eigenvalue weighted by molar-refractivity contribution is 6.30. The molecule has 2 amide bonds. The molecular weight excluding hydrogens is 302 g/mol. The van der Waals surface area contributed by atoms with Gasteiger partial charge in [0.25, 0.3) is 0 Å². The van der Waals surface area contributed by atoms with Gasteiger partial charge in [0.05, 0.1) is 6.04 Å². The molecule has 6 nitrogen and oxygen atoms in total. The summed E-state index contributed by atoms with van der Waals surface area (Å²) >= 11 is 5.91. The van der Waals surface area contributed by atoms with Gasteiger partial charge in [0, 0.05) is 17.8 Å². The molecule has 1 heterocycles. The number of hydrogen-bond acceptors (Lipinski definition) is 4. The summed E-state index contributed by atoms with van der Waals surface area (Å²) in [5, 5.41) is 6.28. The smallest absolute Gasteiger partial charge is 0.320 e. The zero-order chi connectivity index (χ0) is 15.9. The molecule has 2 aromatic rings. The van der Waals surface area contributed by atoms with Crippen molar-refractivity contribution in [3.63, 3.8) is 0 Å². The van der Waals surface area contributed by atoms with Crippen molar-refractivity contribution in [2.75, 3.05) is 26.0 Å². The van der Waals surface area contributed by atoms with Crippen LogP contribution in [-0.4, -0.2) is 41.5 Å². The van der Waals surface area contributed by atoms with Gasteiger partial charge in [0.15, 0.2) is 0 Å². The van der Waals surface area contributed by atoms with E-state index in [9.17, 15) is 4.79 Å². The zero-order valence-electron chi connectivity index (χ0n) is 12.5. The second-order valence-electron chi connectivity index (χ2n) is 5.06. The topological polar surface area (TPSA) is 70.2 Å². The van der Waals surface area contributed by atoms with Gasteiger partial charge in [-0.2, -0.15) is 0 Å². The van der Waals surface area contributed by atoms with Crippen LogP contribution >= 0.6 is 11.6 Å². The fourth-order valence-corrected chi connectivity index (χ4v) is 2.10. The maximum atomic E-state index is 12.1. The van der Waals surface area contributed by atoms with E-state index in [0.29, 0.717) is 17.4 Å². The van der Waals surface area contributed by atoms with E-state index in [4.69, 9.17) is 11.6 Å². The molecule has 7 heteroatoms. The Labute approximate surface area is 134 Å². The standard InChI is InChI=1S/C15H18ClN5O/c1-21(2)9-13(11-3-5-12(16)6-4-11)19-15(22)20-14-7-8-17-10-18-14/h3-8,10,13H,9H2,1-2H3,(H2,17,18,19,20,22)/t13-/m0/s1. The lowest BCUT2D eigenvalue weighted by atomic mass is 10.1. The van der Waals surface area contributed by atoms with Crippen molar-refractivity contribution in [1.29, 1.82) is 0 Å². The molecule has 1 aromatic carbocycles. The Morgan fingerprint density at radius 3 is 2.59 bits per heavy atom. The number of nitrogens with zero attached hydrogens (tertiary/aromatic N) is 3. The maximum Gasteiger partial charge on any atom is 0.320 e. The summed E-state index contributed by atoms with van der Waals surface area (Å²) in [7, 11) is 3.90. The van der Waals surface area contributed by atoms with Gasteiger partial charge in [-0.05, 0) is 37.9 Å². The van der Waals surface area contributed by atoms with E-state index >= 15 is 0 Å². The number of rotatable bonds is 5. The largest absolute Gasteiger partial charge is 0.330 e. The molecule has 22 heavy (non-hydrogen) atoms. The van der Waals surface area contributed by atoms with Gasteiger partial charge in [-0.15, -0.1) is 0 Å². The molecule has 0 spiro atoms. The van der Waals surface area contributed by atoms with Gasteiger partial charge < -0.3 is 10.2 Å². The Morgan fingerprint density at radius 1 is 1.27 bits per heavy atom. The third-order valence-electron chi connectivity index (χ3n) is 2.95. The summed E-state index contributed by atoms with van der Waals surface area (Å²) in [6, 6.07) is 8.58. The highest BCUT2D eigenvalue weighted by Crippen LogP contribution is 2.17. The van der Waals surface area contributed by atoms with E-state index in [1.165, 1.54) is 6.33 Å². The van der Waals surface area contributed by atoms with Crippen LogP contribution in [0.15, 0.2) is 42.9 Å². The van der Waals surface area contributed by atoms with Crippen LogP contribution in [0.4, 0.5) is 10.6 Å². The summed E-state index contributed by atoms with van der Waals surface area (Å²) in [5.74, 6) is 0.451. The van der Waals surface area contributed by atoms with Crippen molar-refractivity contribution in [2.45, 2.75) is 6.04 Å². The predicted octanol–water partition coefficient (Wildman–Crippen LogP) is 2.55. The van der Waals surface area contributed by atoms with Gasteiger partial charge in [0.2, 0.25) is 0 Å². The molecule has 1 aromatic heterocycles. The third kappa shape index (κ3) is 4.98. The first-order chi connectivity index (χ1) is 10.5. The Kier molecular flexibility index (Phi) is 5.68. The molecule has 0 aliphatic rings. The number of halogens is 1. The first-order valence-corrected chi connectivity index (χ1v) is 7.16. The summed E-state index contributed by atoms with van der Waals surface area (Å²) in [6.45, 7) is 0.666. The van der Waals surface area contributed by atoms with Crippen LogP contribution in [0.2, 0.25) is 5.02 Å². The lowest BCUT2D eigenvalue weighted by Crippen LogP contribution is -2.37. The van der Waals surface area contributed by atoms with Gasteiger partial charge in [-0.25, -0.2) is 14.8 Å². The number of nitrogens with one attached hydrogen (secondary N) is 2. The van der Waals surface area contributed by atoms with E-state index < -0.39 is 0 Å². The van der Waals surface area contributed by atoms with Gasteiger partial charge in [-0.1, -0.05) is 23.7 Å². The predicted molar refractivity (Wildman–Crippen MR) is 86.9 cm³/mol. The highest BCUT2D eigenvalue weighted by Gasteiger charge is 2.16.